The summed E-state index contributed by atoms with van der Waals surface area (Å²) < 4.78 is 2.71. The van der Waals surface area contributed by atoms with Crippen LogP contribution in [0.1, 0.15) is 11.1 Å². The van der Waals surface area contributed by atoms with E-state index in [1.165, 1.54) is 15.6 Å². The zero-order valence-corrected chi connectivity index (χ0v) is 17.4. The Morgan fingerprint density at radius 3 is 2.77 bits per heavy atom. The van der Waals surface area contributed by atoms with Crippen molar-refractivity contribution in [2.45, 2.75) is 20.0 Å². The van der Waals surface area contributed by atoms with Crippen molar-refractivity contribution in [1.29, 1.82) is 0 Å². The summed E-state index contributed by atoms with van der Waals surface area (Å²) >= 11 is 12.1. The summed E-state index contributed by atoms with van der Waals surface area (Å²) in [6.07, 6.45) is 1.31. The van der Waals surface area contributed by atoms with Crippen molar-refractivity contribution in [1.82, 2.24) is 24.5 Å². The van der Waals surface area contributed by atoms with E-state index in [0.717, 1.165) is 11.1 Å². The Morgan fingerprint density at radius 2 is 1.97 bits per heavy atom. The maximum absolute atomic E-state index is 12.7. The first-order valence-electron chi connectivity index (χ1n) is 9.00. The summed E-state index contributed by atoms with van der Waals surface area (Å²) in [6.45, 7) is 1.95. The molecule has 0 bridgehead atoms. The van der Waals surface area contributed by atoms with Gasteiger partial charge >= 0.3 is 0 Å². The number of rotatable bonds is 5. The minimum Gasteiger partial charge on any atom is -0.324 e. The van der Waals surface area contributed by atoms with Gasteiger partial charge in [0.2, 0.25) is 5.91 Å². The minimum absolute atomic E-state index is 0.0891. The van der Waals surface area contributed by atoms with Crippen LogP contribution < -0.4 is 10.9 Å². The molecule has 1 amide bonds. The Labute approximate surface area is 181 Å². The van der Waals surface area contributed by atoms with Gasteiger partial charge in [-0.3, -0.25) is 14.2 Å². The van der Waals surface area contributed by atoms with Gasteiger partial charge in [-0.1, -0.05) is 46.6 Å². The molecule has 4 aromatic rings. The number of fused-ring (bicyclic) bond motifs is 1. The molecule has 30 heavy (non-hydrogen) atoms. The van der Waals surface area contributed by atoms with E-state index in [9.17, 15) is 9.59 Å². The second-order valence-electron chi connectivity index (χ2n) is 6.69. The summed E-state index contributed by atoms with van der Waals surface area (Å²) in [7, 11) is 0. The summed E-state index contributed by atoms with van der Waals surface area (Å²) in [4.78, 5) is 29.4. The number of hydrogen-bond acceptors (Lipinski definition) is 5. The number of aromatic nitrogens is 5. The van der Waals surface area contributed by atoms with Crippen LogP contribution in [0.15, 0.2) is 53.6 Å². The van der Waals surface area contributed by atoms with Crippen LogP contribution in [0.5, 0.6) is 0 Å². The van der Waals surface area contributed by atoms with Crippen molar-refractivity contribution in [2.75, 3.05) is 5.32 Å². The first-order chi connectivity index (χ1) is 14.4. The van der Waals surface area contributed by atoms with Gasteiger partial charge in [-0.15, -0.1) is 5.10 Å². The lowest BCUT2D eigenvalue weighted by atomic mass is 10.2. The van der Waals surface area contributed by atoms with Crippen LogP contribution in [0, 0.1) is 6.92 Å². The average Bonchev–Trinajstić information content (AvgIpc) is 3.11. The molecule has 0 spiro atoms. The largest absolute Gasteiger partial charge is 0.324 e. The molecule has 0 fully saturated rings. The average molecular weight is 443 g/mol. The third-order valence-corrected chi connectivity index (χ3v) is 5.21. The molecule has 0 saturated heterocycles. The van der Waals surface area contributed by atoms with Crippen molar-refractivity contribution in [2.24, 2.45) is 0 Å². The first kappa shape index (κ1) is 20.1. The van der Waals surface area contributed by atoms with E-state index in [1.807, 2.05) is 12.1 Å². The fraction of sp³-hybridized carbons (Fsp3) is 0.150. The van der Waals surface area contributed by atoms with Gasteiger partial charge in [-0.05, 0) is 42.3 Å². The molecule has 0 aliphatic carbocycles. The number of benzene rings is 2. The molecular weight excluding hydrogens is 427 g/mol. The van der Waals surface area contributed by atoms with E-state index in [4.69, 9.17) is 23.2 Å². The van der Waals surface area contributed by atoms with Crippen LogP contribution in [0.2, 0.25) is 10.0 Å². The molecule has 0 saturated carbocycles. The van der Waals surface area contributed by atoms with Crippen LogP contribution in [0.4, 0.5) is 5.69 Å². The second kappa shape index (κ2) is 8.25. The minimum atomic E-state index is -0.449. The monoisotopic (exact) mass is 442 g/mol. The number of amides is 1. The first-order valence-corrected chi connectivity index (χ1v) is 9.76. The summed E-state index contributed by atoms with van der Waals surface area (Å²) in [5.74, 6) is -0.380. The quantitative estimate of drug-likeness (QED) is 0.511. The topological polar surface area (TPSA) is 94.7 Å². The van der Waals surface area contributed by atoms with Crippen LogP contribution in [0.3, 0.4) is 0 Å². The highest BCUT2D eigenvalue weighted by Crippen LogP contribution is 2.22. The van der Waals surface area contributed by atoms with Crippen molar-refractivity contribution in [3.05, 3.63) is 80.3 Å². The fourth-order valence-corrected chi connectivity index (χ4v) is 3.39. The maximum atomic E-state index is 12.7. The zero-order valence-electron chi connectivity index (χ0n) is 15.8. The highest BCUT2D eigenvalue weighted by Gasteiger charge is 2.15. The Bertz CT molecular complexity index is 1310. The van der Waals surface area contributed by atoms with Crippen LogP contribution in [-0.4, -0.2) is 30.5 Å². The van der Waals surface area contributed by atoms with E-state index >= 15 is 0 Å². The van der Waals surface area contributed by atoms with Gasteiger partial charge in [-0.2, -0.15) is 0 Å². The summed E-state index contributed by atoms with van der Waals surface area (Å²) in [5, 5.41) is 11.9. The Balaban J connectivity index is 1.56. The van der Waals surface area contributed by atoms with Gasteiger partial charge in [0, 0.05) is 15.7 Å². The van der Waals surface area contributed by atoms with Gasteiger partial charge in [0.1, 0.15) is 12.9 Å². The van der Waals surface area contributed by atoms with Crippen molar-refractivity contribution in [3.63, 3.8) is 0 Å². The van der Waals surface area contributed by atoms with E-state index in [1.54, 1.807) is 37.3 Å². The van der Waals surface area contributed by atoms with Crippen LogP contribution in [-0.2, 0) is 17.9 Å². The molecule has 1 N–H and O–H groups in total. The summed E-state index contributed by atoms with van der Waals surface area (Å²) in [5.41, 5.74) is 2.21. The number of carbonyl (C=O) groups is 1. The maximum Gasteiger partial charge on any atom is 0.283 e. The Morgan fingerprint density at radius 1 is 1.17 bits per heavy atom. The lowest BCUT2D eigenvalue weighted by molar-refractivity contribution is -0.116. The van der Waals surface area contributed by atoms with Crippen molar-refractivity contribution in [3.8, 4) is 0 Å². The molecule has 0 radical (unpaired) electrons. The highest BCUT2D eigenvalue weighted by molar-refractivity contribution is 6.31. The normalized spacial score (nSPS) is 11.0. The van der Waals surface area contributed by atoms with Crippen molar-refractivity contribution >= 4 is 46.0 Å². The molecule has 0 unspecified atom stereocenters. The number of halogens is 2. The van der Waals surface area contributed by atoms with E-state index < -0.39 is 5.56 Å². The molecule has 2 aromatic carbocycles. The Kier molecular flexibility index (Phi) is 5.52. The third kappa shape index (κ3) is 4.05. The van der Waals surface area contributed by atoms with Gasteiger partial charge in [0.15, 0.2) is 11.2 Å². The SMILES string of the molecule is Cc1c(Cl)cccc1NC(=O)Cn1cnc2c(nnn2Cc2cccc(Cl)c2)c1=O. The second-order valence-corrected chi connectivity index (χ2v) is 7.53. The molecular formula is C20H16Cl2N6O2. The van der Waals surface area contributed by atoms with E-state index in [2.05, 4.69) is 20.6 Å². The number of carbonyl (C=O) groups excluding carboxylic acids is 1. The molecule has 0 aliphatic heterocycles. The number of nitrogens with zero attached hydrogens (tertiary/aromatic N) is 5. The number of hydrogen-bond donors (Lipinski definition) is 1. The predicted molar refractivity (Wildman–Crippen MR) is 115 cm³/mol. The molecule has 0 atom stereocenters. The molecule has 8 nitrogen and oxygen atoms in total. The lowest BCUT2D eigenvalue weighted by Crippen LogP contribution is -2.28. The standard InChI is InChI=1S/C20H16Cl2N6O2/c1-12-15(22)6-3-7-16(12)24-17(29)10-27-11-23-19-18(20(27)30)25-26-28(19)9-13-4-2-5-14(21)8-13/h2-8,11H,9-10H2,1H3,(H,24,29). The van der Waals surface area contributed by atoms with Crippen LogP contribution >= 0.6 is 23.2 Å². The van der Waals surface area contributed by atoms with Gasteiger partial charge < -0.3 is 5.32 Å². The van der Waals surface area contributed by atoms with E-state index in [-0.39, 0.29) is 18.0 Å². The van der Waals surface area contributed by atoms with Gasteiger partial charge in [-0.25, -0.2) is 9.67 Å². The molecule has 0 aliphatic rings. The van der Waals surface area contributed by atoms with Crippen LogP contribution in [0.25, 0.3) is 11.2 Å². The molecule has 2 heterocycles. The molecule has 4 rings (SSSR count). The van der Waals surface area contributed by atoms with E-state index in [0.29, 0.717) is 27.9 Å². The fourth-order valence-electron chi connectivity index (χ4n) is 3.00. The molecule has 10 heteroatoms. The lowest BCUT2D eigenvalue weighted by Gasteiger charge is -2.10. The number of nitrogens with one attached hydrogen (secondary N) is 1. The van der Waals surface area contributed by atoms with Gasteiger partial charge in [0.25, 0.3) is 5.56 Å². The Hall–Kier alpha value is -3.23. The highest BCUT2D eigenvalue weighted by atomic mass is 35.5. The smallest absolute Gasteiger partial charge is 0.283 e. The van der Waals surface area contributed by atoms with Gasteiger partial charge in [0.05, 0.1) is 6.54 Å². The summed E-state index contributed by atoms with van der Waals surface area (Å²) in [6, 6.07) is 12.5. The zero-order chi connectivity index (χ0) is 21.3. The van der Waals surface area contributed by atoms with Crippen molar-refractivity contribution < 1.29 is 4.79 Å². The third-order valence-electron chi connectivity index (χ3n) is 4.57. The molecule has 152 valence electrons. The molecule has 2 aromatic heterocycles. The number of anilines is 1. The predicted octanol–water partition coefficient (Wildman–Crippen LogP) is 3.29.